The van der Waals surface area contributed by atoms with E-state index in [-0.39, 0.29) is 17.9 Å². The first kappa shape index (κ1) is 17.5. The first-order valence-corrected chi connectivity index (χ1v) is 9.05. The number of rotatable bonds is 4. The van der Waals surface area contributed by atoms with Crippen molar-refractivity contribution in [1.82, 2.24) is 14.7 Å². The second-order valence-corrected chi connectivity index (χ2v) is 6.65. The first-order chi connectivity index (χ1) is 12.1. The summed E-state index contributed by atoms with van der Waals surface area (Å²) in [4.78, 5) is 26.4. The number of aromatic nitrogens is 2. The van der Waals surface area contributed by atoms with Gasteiger partial charge < -0.3 is 15.4 Å². The summed E-state index contributed by atoms with van der Waals surface area (Å²) in [5, 5.41) is 4.28. The van der Waals surface area contributed by atoms with E-state index < -0.39 is 5.97 Å². The van der Waals surface area contributed by atoms with Crippen molar-refractivity contribution in [1.29, 1.82) is 0 Å². The Kier molecular flexibility index (Phi) is 5.40. The molecule has 7 heteroatoms. The van der Waals surface area contributed by atoms with E-state index in [1.807, 2.05) is 4.90 Å². The predicted octanol–water partition coefficient (Wildman–Crippen LogP) is 2.16. The Morgan fingerprint density at radius 2 is 2.04 bits per heavy atom. The molecule has 1 amide bonds. The van der Waals surface area contributed by atoms with Gasteiger partial charge in [0.05, 0.1) is 18.8 Å². The molecule has 0 aromatic carbocycles. The SMILES string of the molecule is CCOC(=O)c1cnn(C2CCN(C(=O)[C@H]3CC=CCC3)CC2)c1N. The van der Waals surface area contributed by atoms with E-state index >= 15 is 0 Å². The van der Waals surface area contributed by atoms with Crippen LogP contribution in [0.5, 0.6) is 0 Å². The van der Waals surface area contributed by atoms with Crippen molar-refractivity contribution in [3.63, 3.8) is 0 Å². The van der Waals surface area contributed by atoms with Crippen LogP contribution in [0.25, 0.3) is 0 Å². The average Bonchev–Trinajstić information content (AvgIpc) is 3.04. The quantitative estimate of drug-likeness (QED) is 0.666. The molecule has 1 atom stereocenters. The summed E-state index contributed by atoms with van der Waals surface area (Å²) < 4.78 is 6.70. The van der Waals surface area contributed by atoms with Gasteiger partial charge in [-0.15, -0.1) is 0 Å². The Bertz CT molecular complexity index is 659. The standard InChI is InChI=1S/C18H26N4O3/c1-2-25-18(24)15-12-20-22(16(15)19)14-8-10-21(11-9-14)17(23)13-6-4-3-5-7-13/h3-4,12-14H,2,5-11,19H2,1H3/t13-/m0/s1. The van der Waals surface area contributed by atoms with Crippen LogP contribution in [0.4, 0.5) is 5.82 Å². The van der Waals surface area contributed by atoms with Gasteiger partial charge in [-0.2, -0.15) is 5.10 Å². The molecule has 0 spiro atoms. The van der Waals surface area contributed by atoms with Gasteiger partial charge in [-0.25, -0.2) is 9.48 Å². The van der Waals surface area contributed by atoms with Gasteiger partial charge in [0.25, 0.3) is 0 Å². The number of hydrogen-bond acceptors (Lipinski definition) is 5. The maximum Gasteiger partial charge on any atom is 0.343 e. The van der Waals surface area contributed by atoms with E-state index in [4.69, 9.17) is 10.5 Å². The molecule has 1 aromatic heterocycles. The normalized spacial score (nSPS) is 21.3. The van der Waals surface area contributed by atoms with E-state index in [1.165, 1.54) is 6.20 Å². The molecule has 0 saturated carbocycles. The lowest BCUT2D eigenvalue weighted by molar-refractivity contribution is -0.137. The van der Waals surface area contributed by atoms with Gasteiger partial charge in [0.1, 0.15) is 11.4 Å². The number of carbonyl (C=O) groups excluding carboxylic acids is 2. The van der Waals surface area contributed by atoms with Gasteiger partial charge in [0, 0.05) is 19.0 Å². The van der Waals surface area contributed by atoms with E-state index in [0.717, 1.165) is 32.1 Å². The lowest BCUT2D eigenvalue weighted by Gasteiger charge is -2.35. The molecule has 0 unspecified atom stereocenters. The van der Waals surface area contributed by atoms with Crippen LogP contribution in [0.15, 0.2) is 18.3 Å². The molecule has 1 saturated heterocycles. The van der Waals surface area contributed by atoms with Crippen LogP contribution in [0.1, 0.15) is 55.4 Å². The zero-order chi connectivity index (χ0) is 17.8. The number of hydrogen-bond donors (Lipinski definition) is 1. The molecule has 0 bridgehead atoms. The lowest BCUT2D eigenvalue weighted by Crippen LogP contribution is -2.42. The van der Waals surface area contributed by atoms with Gasteiger partial charge in [0.2, 0.25) is 5.91 Å². The Balaban J connectivity index is 1.60. The molecule has 2 N–H and O–H groups in total. The highest BCUT2D eigenvalue weighted by atomic mass is 16.5. The number of amides is 1. The zero-order valence-corrected chi connectivity index (χ0v) is 14.7. The molecule has 0 radical (unpaired) electrons. The molecule has 1 fully saturated rings. The number of nitrogens with zero attached hydrogens (tertiary/aromatic N) is 3. The molecule has 136 valence electrons. The summed E-state index contributed by atoms with van der Waals surface area (Å²) in [7, 11) is 0. The van der Waals surface area contributed by atoms with Crippen LogP contribution in [-0.4, -0.2) is 46.3 Å². The minimum absolute atomic E-state index is 0.110. The second-order valence-electron chi connectivity index (χ2n) is 6.65. The smallest absolute Gasteiger partial charge is 0.343 e. The maximum atomic E-state index is 12.6. The Morgan fingerprint density at radius 1 is 1.28 bits per heavy atom. The number of likely N-dealkylation sites (tertiary alicyclic amines) is 1. The first-order valence-electron chi connectivity index (χ1n) is 9.05. The number of allylic oxidation sites excluding steroid dienone is 2. The average molecular weight is 346 g/mol. The minimum Gasteiger partial charge on any atom is -0.462 e. The van der Waals surface area contributed by atoms with E-state index in [2.05, 4.69) is 17.3 Å². The van der Waals surface area contributed by atoms with Gasteiger partial charge >= 0.3 is 5.97 Å². The highest BCUT2D eigenvalue weighted by Crippen LogP contribution is 2.28. The fourth-order valence-electron chi connectivity index (χ4n) is 3.64. The Labute approximate surface area is 147 Å². The van der Waals surface area contributed by atoms with Crippen molar-refractivity contribution in [2.45, 2.75) is 45.1 Å². The summed E-state index contributed by atoms with van der Waals surface area (Å²) in [5.74, 6) is 0.306. The summed E-state index contributed by atoms with van der Waals surface area (Å²) in [6, 6.07) is 0.110. The third kappa shape index (κ3) is 3.70. The van der Waals surface area contributed by atoms with Crippen molar-refractivity contribution in [3.8, 4) is 0 Å². The minimum atomic E-state index is -0.441. The Morgan fingerprint density at radius 3 is 2.68 bits per heavy atom. The molecular weight excluding hydrogens is 320 g/mol. The summed E-state index contributed by atoms with van der Waals surface area (Å²) in [5.41, 5.74) is 6.40. The van der Waals surface area contributed by atoms with Gasteiger partial charge in [-0.1, -0.05) is 12.2 Å². The fourth-order valence-corrected chi connectivity index (χ4v) is 3.64. The highest BCUT2D eigenvalue weighted by molar-refractivity contribution is 5.94. The second kappa shape index (κ2) is 7.72. The van der Waals surface area contributed by atoms with Crippen LogP contribution in [0, 0.1) is 5.92 Å². The van der Waals surface area contributed by atoms with Crippen molar-refractivity contribution in [2.24, 2.45) is 5.92 Å². The molecule has 1 aliphatic carbocycles. The summed E-state index contributed by atoms with van der Waals surface area (Å²) in [6.45, 7) is 3.48. The molecule has 3 rings (SSSR count). The van der Waals surface area contributed by atoms with Gasteiger partial charge in [-0.05, 0) is 39.0 Å². The number of ether oxygens (including phenoxy) is 1. The number of nitrogen functional groups attached to an aromatic ring is 1. The predicted molar refractivity (Wildman–Crippen MR) is 93.9 cm³/mol. The van der Waals surface area contributed by atoms with Gasteiger partial charge in [-0.3, -0.25) is 4.79 Å². The van der Waals surface area contributed by atoms with Crippen LogP contribution in [0.2, 0.25) is 0 Å². The van der Waals surface area contributed by atoms with Crippen molar-refractivity contribution < 1.29 is 14.3 Å². The van der Waals surface area contributed by atoms with E-state index in [9.17, 15) is 9.59 Å². The summed E-state index contributed by atoms with van der Waals surface area (Å²) >= 11 is 0. The third-order valence-corrected chi connectivity index (χ3v) is 5.07. The summed E-state index contributed by atoms with van der Waals surface area (Å²) in [6.07, 6.45) is 10.1. The zero-order valence-electron chi connectivity index (χ0n) is 14.7. The number of esters is 1. The van der Waals surface area contributed by atoms with Crippen LogP contribution < -0.4 is 5.73 Å². The number of piperidine rings is 1. The van der Waals surface area contributed by atoms with Gasteiger partial charge in [0.15, 0.2) is 0 Å². The lowest BCUT2D eigenvalue weighted by atomic mass is 9.92. The van der Waals surface area contributed by atoms with E-state index in [1.54, 1.807) is 11.6 Å². The van der Waals surface area contributed by atoms with Crippen molar-refractivity contribution >= 4 is 17.7 Å². The molecule has 7 nitrogen and oxygen atoms in total. The topological polar surface area (TPSA) is 90.5 Å². The monoisotopic (exact) mass is 346 g/mol. The number of carbonyl (C=O) groups is 2. The third-order valence-electron chi connectivity index (χ3n) is 5.07. The van der Waals surface area contributed by atoms with Crippen LogP contribution in [0.3, 0.4) is 0 Å². The molecule has 1 aliphatic heterocycles. The van der Waals surface area contributed by atoms with Crippen molar-refractivity contribution in [3.05, 3.63) is 23.9 Å². The molecule has 2 heterocycles. The largest absolute Gasteiger partial charge is 0.462 e. The molecular formula is C18H26N4O3. The fraction of sp³-hybridized carbons (Fsp3) is 0.611. The Hall–Kier alpha value is -2.31. The molecule has 2 aliphatic rings. The van der Waals surface area contributed by atoms with Crippen LogP contribution >= 0.6 is 0 Å². The number of nitrogens with two attached hydrogens (primary N) is 1. The number of anilines is 1. The highest BCUT2D eigenvalue weighted by Gasteiger charge is 2.30. The molecule has 25 heavy (non-hydrogen) atoms. The van der Waals surface area contributed by atoms with Crippen LogP contribution in [-0.2, 0) is 9.53 Å². The molecule has 1 aromatic rings. The van der Waals surface area contributed by atoms with E-state index in [0.29, 0.717) is 31.1 Å². The maximum absolute atomic E-state index is 12.6. The van der Waals surface area contributed by atoms with Crippen molar-refractivity contribution in [2.75, 3.05) is 25.4 Å².